The van der Waals surface area contributed by atoms with Crippen molar-refractivity contribution >= 4 is 9.84 Å². The summed E-state index contributed by atoms with van der Waals surface area (Å²) in [6, 6.07) is 6.74. The highest BCUT2D eigenvalue weighted by atomic mass is 32.2. The van der Waals surface area contributed by atoms with Crippen LogP contribution in [-0.4, -0.2) is 8.42 Å². The minimum absolute atomic E-state index is 0.177. The van der Waals surface area contributed by atoms with Crippen LogP contribution in [0.2, 0.25) is 0 Å². The minimum atomic E-state index is -3.29. The van der Waals surface area contributed by atoms with Crippen molar-refractivity contribution in [2.45, 2.75) is 18.7 Å². The molecule has 0 saturated carbocycles. The molecule has 0 aromatic heterocycles. The van der Waals surface area contributed by atoms with E-state index in [2.05, 4.69) is 6.58 Å². The molecule has 0 heterocycles. The second-order valence-electron chi connectivity index (χ2n) is 3.02. The van der Waals surface area contributed by atoms with Gasteiger partial charge in [0.05, 0.1) is 4.90 Å². The molecule has 0 atom stereocenters. The first kappa shape index (κ1) is 9.99. The molecule has 13 heavy (non-hydrogen) atoms. The Morgan fingerprint density at radius 3 is 2.08 bits per heavy atom. The Morgan fingerprint density at radius 2 is 1.69 bits per heavy atom. The number of benzene rings is 1. The summed E-state index contributed by atoms with van der Waals surface area (Å²) in [4.78, 5) is 0.488. The molecule has 0 aliphatic heterocycles. The van der Waals surface area contributed by atoms with Crippen molar-refractivity contribution in [2.75, 3.05) is 0 Å². The summed E-state index contributed by atoms with van der Waals surface area (Å²) in [5, 5.41) is 0. The number of hydrogen-bond acceptors (Lipinski definition) is 2. The Bertz CT molecular complexity index is 413. The molecule has 0 radical (unpaired) electrons. The average Bonchev–Trinajstić information content (AvgIpc) is 2.04. The van der Waals surface area contributed by atoms with E-state index < -0.39 is 9.84 Å². The van der Waals surface area contributed by atoms with Gasteiger partial charge in [-0.1, -0.05) is 24.3 Å². The SMILES string of the molecule is C=C(C)S(=O)(=O)c1ccc(C)cc1. The molecule has 1 rings (SSSR count). The molecule has 0 N–H and O–H groups in total. The van der Waals surface area contributed by atoms with Crippen LogP contribution >= 0.6 is 0 Å². The molecule has 0 aliphatic carbocycles. The third-order valence-corrected chi connectivity index (χ3v) is 3.60. The van der Waals surface area contributed by atoms with Gasteiger partial charge in [-0.2, -0.15) is 0 Å². The van der Waals surface area contributed by atoms with Crippen molar-refractivity contribution in [3.63, 3.8) is 0 Å². The maximum absolute atomic E-state index is 11.5. The smallest absolute Gasteiger partial charge is 0.201 e. The van der Waals surface area contributed by atoms with Crippen molar-refractivity contribution in [1.29, 1.82) is 0 Å². The van der Waals surface area contributed by atoms with Crippen LogP contribution in [0.25, 0.3) is 0 Å². The second-order valence-corrected chi connectivity index (χ2v) is 5.19. The van der Waals surface area contributed by atoms with Crippen LogP contribution in [0, 0.1) is 6.92 Å². The van der Waals surface area contributed by atoms with Crippen molar-refractivity contribution in [2.24, 2.45) is 0 Å². The summed E-state index contributed by atoms with van der Waals surface area (Å²) in [6.45, 7) is 6.85. The lowest BCUT2D eigenvalue weighted by atomic mass is 10.2. The van der Waals surface area contributed by atoms with Crippen molar-refractivity contribution in [3.8, 4) is 0 Å². The molecule has 1 aromatic carbocycles. The van der Waals surface area contributed by atoms with Gasteiger partial charge in [-0.3, -0.25) is 0 Å². The molecule has 0 fully saturated rings. The van der Waals surface area contributed by atoms with Crippen LogP contribution in [-0.2, 0) is 9.84 Å². The summed E-state index contributed by atoms with van der Waals surface area (Å²) in [7, 11) is -3.29. The van der Waals surface area contributed by atoms with Gasteiger partial charge in [0.15, 0.2) is 0 Å². The maximum Gasteiger partial charge on any atom is 0.201 e. The summed E-state index contributed by atoms with van der Waals surface area (Å²) in [5.74, 6) is 0. The monoisotopic (exact) mass is 196 g/mol. The fraction of sp³-hybridized carbons (Fsp3) is 0.200. The van der Waals surface area contributed by atoms with E-state index in [4.69, 9.17) is 0 Å². The van der Waals surface area contributed by atoms with E-state index in [9.17, 15) is 8.42 Å². The molecule has 70 valence electrons. The zero-order chi connectivity index (χ0) is 10.1. The van der Waals surface area contributed by atoms with E-state index in [0.717, 1.165) is 5.56 Å². The van der Waals surface area contributed by atoms with Gasteiger partial charge in [0.1, 0.15) is 0 Å². The Balaban J connectivity index is 3.25. The number of rotatable bonds is 2. The Labute approximate surface area is 78.8 Å². The topological polar surface area (TPSA) is 34.1 Å². The van der Waals surface area contributed by atoms with Gasteiger partial charge >= 0.3 is 0 Å². The predicted octanol–water partition coefficient (Wildman–Crippen LogP) is 2.30. The molecule has 2 nitrogen and oxygen atoms in total. The first-order valence-electron chi connectivity index (χ1n) is 3.92. The van der Waals surface area contributed by atoms with Crippen molar-refractivity contribution < 1.29 is 8.42 Å². The largest absolute Gasteiger partial charge is 0.219 e. The van der Waals surface area contributed by atoms with E-state index in [1.54, 1.807) is 24.3 Å². The molecule has 0 aliphatic rings. The van der Waals surface area contributed by atoms with E-state index in [1.807, 2.05) is 6.92 Å². The first-order valence-corrected chi connectivity index (χ1v) is 5.40. The fourth-order valence-electron chi connectivity index (χ4n) is 0.919. The zero-order valence-corrected chi connectivity index (χ0v) is 8.56. The molecule has 0 unspecified atom stereocenters. The van der Waals surface area contributed by atoms with Gasteiger partial charge in [0.25, 0.3) is 0 Å². The number of sulfone groups is 1. The molecular formula is C10H12O2S. The molecular weight excluding hydrogens is 184 g/mol. The molecule has 1 aromatic rings. The molecule has 0 spiro atoms. The lowest BCUT2D eigenvalue weighted by Gasteiger charge is -2.02. The van der Waals surface area contributed by atoms with Gasteiger partial charge in [-0.05, 0) is 26.0 Å². The third-order valence-electron chi connectivity index (χ3n) is 1.79. The second kappa shape index (κ2) is 3.34. The minimum Gasteiger partial charge on any atom is -0.219 e. The average molecular weight is 196 g/mol. The van der Waals surface area contributed by atoms with Crippen LogP contribution < -0.4 is 0 Å². The van der Waals surface area contributed by atoms with Gasteiger partial charge in [0.2, 0.25) is 9.84 Å². The normalized spacial score (nSPS) is 11.2. The molecule has 0 amide bonds. The summed E-state index contributed by atoms with van der Waals surface area (Å²) in [5.41, 5.74) is 1.04. The van der Waals surface area contributed by atoms with Crippen molar-refractivity contribution in [1.82, 2.24) is 0 Å². The van der Waals surface area contributed by atoms with Crippen LogP contribution in [0.3, 0.4) is 0 Å². The highest BCUT2D eigenvalue weighted by Crippen LogP contribution is 2.17. The van der Waals surface area contributed by atoms with E-state index in [0.29, 0.717) is 4.90 Å². The van der Waals surface area contributed by atoms with Crippen molar-refractivity contribution in [3.05, 3.63) is 41.3 Å². The van der Waals surface area contributed by atoms with E-state index in [1.165, 1.54) is 6.92 Å². The maximum atomic E-state index is 11.5. The zero-order valence-electron chi connectivity index (χ0n) is 7.74. The van der Waals surface area contributed by atoms with Crippen LogP contribution in [0.4, 0.5) is 0 Å². The third kappa shape index (κ3) is 1.98. The summed E-state index contributed by atoms with van der Waals surface area (Å²) in [6.07, 6.45) is 0. The lowest BCUT2D eigenvalue weighted by Crippen LogP contribution is -2.00. The lowest BCUT2D eigenvalue weighted by molar-refractivity contribution is 0.602. The Kier molecular flexibility index (Phi) is 2.57. The molecule has 0 bridgehead atoms. The number of allylic oxidation sites excluding steroid dienone is 1. The predicted molar refractivity (Wildman–Crippen MR) is 53.2 cm³/mol. The first-order chi connectivity index (χ1) is 5.94. The Hall–Kier alpha value is -1.09. The summed E-state index contributed by atoms with van der Waals surface area (Å²) >= 11 is 0. The molecule has 0 saturated heterocycles. The number of hydrogen-bond donors (Lipinski definition) is 0. The van der Waals surface area contributed by atoms with Gasteiger partial charge in [-0.25, -0.2) is 8.42 Å². The molecule has 3 heteroatoms. The number of aryl methyl sites for hydroxylation is 1. The van der Waals surface area contributed by atoms with Gasteiger partial charge in [-0.15, -0.1) is 0 Å². The van der Waals surface area contributed by atoms with E-state index >= 15 is 0 Å². The van der Waals surface area contributed by atoms with Crippen LogP contribution in [0.1, 0.15) is 12.5 Å². The fourth-order valence-corrected chi connectivity index (χ4v) is 1.82. The Morgan fingerprint density at radius 1 is 1.23 bits per heavy atom. The highest BCUT2D eigenvalue weighted by molar-refractivity contribution is 7.95. The van der Waals surface area contributed by atoms with E-state index in [-0.39, 0.29) is 4.91 Å². The highest BCUT2D eigenvalue weighted by Gasteiger charge is 2.13. The standard InChI is InChI=1S/C10H12O2S/c1-8(2)13(11,12)10-6-4-9(3)5-7-10/h4-7H,1H2,2-3H3. The van der Waals surface area contributed by atoms with Crippen LogP contribution in [0.15, 0.2) is 40.6 Å². The quantitative estimate of drug-likeness (QED) is 0.727. The van der Waals surface area contributed by atoms with Gasteiger partial charge < -0.3 is 0 Å². The van der Waals surface area contributed by atoms with Gasteiger partial charge in [0, 0.05) is 4.91 Å². The van der Waals surface area contributed by atoms with Crippen LogP contribution in [0.5, 0.6) is 0 Å². The summed E-state index contributed by atoms with van der Waals surface area (Å²) < 4.78 is 23.1.